The standard InChI is InChI=1S/C14H20N2O2/c1-2-4-8-16(7-3-1)15-10-12-5-6-13-14(9-12)18-11-17-13/h5-6,9,15H,1-4,7-8,10-11H2. The van der Waals surface area contributed by atoms with E-state index in [4.69, 9.17) is 9.47 Å². The highest BCUT2D eigenvalue weighted by atomic mass is 16.7. The van der Waals surface area contributed by atoms with Crippen molar-refractivity contribution in [1.82, 2.24) is 10.4 Å². The molecule has 0 bridgehead atoms. The van der Waals surface area contributed by atoms with Crippen LogP contribution in [0.5, 0.6) is 11.5 Å². The maximum atomic E-state index is 5.39. The average molecular weight is 248 g/mol. The molecule has 4 heteroatoms. The number of benzene rings is 1. The Morgan fingerprint density at radius 1 is 1.00 bits per heavy atom. The third kappa shape index (κ3) is 2.76. The number of hydrogen-bond acceptors (Lipinski definition) is 4. The Labute approximate surface area is 108 Å². The third-order valence-electron chi connectivity index (χ3n) is 3.55. The lowest BCUT2D eigenvalue weighted by atomic mass is 10.2. The first kappa shape index (κ1) is 11.8. The SMILES string of the molecule is c1cc2c(cc1CNN1CCCCCC1)OCO2. The van der Waals surface area contributed by atoms with Crippen LogP contribution in [0.25, 0.3) is 0 Å². The van der Waals surface area contributed by atoms with Crippen molar-refractivity contribution in [3.05, 3.63) is 23.8 Å². The molecule has 1 saturated heterocycles. The van der Waals surface area contributed by atoms with Crippen LogP contribution in [0.15, 0.2) is 18.2 Å². The van der Waals surface area contributed by atoms with Gasteiger partial charge in [0.2, 0.25) is 6.79 Å². The molecule has 2 aliphatic heterocycles. The molecule has 0 spiro atoms. The third-order valence-corrected chi connectivity index (χ3v) is 3.55. The molecule has 98 valence electrons. The van der Waals surface area contributed by atoms with Crippen LogP contribution in [-0.2, 0) is 6.54 Å². The molecule has 0 radical (unpaired) electrons. The van der Waals surface area contributed by atoms with Gasteiger partial charge in [-0.3, -0.25) is 5.43 Å². The minimum atomic E-state index is 0.346. The summed E-state index contributed by atoms with van der Waals surface area (Å²) in [5.74, 6) is 1.72. The number of fused-ring (bicyclic) bond motifs is 1. The number of hydrazine groups is 1. The van der Waals surface area contributed by atoms with E-state index in [1.54, 1.807) is 0 Å². The molecule has 1 aromatic rings. The summed E-state index contributed by atoms with van der Waals surface area (Å²) in [4.78, 5) is 0. The second-order valence-corrected chi connectivity index (χ2v) is 4.92. The molecule has 2 aliphatic rings. The Morgan fingerprint density at radius 2 is 1.78 bits per heavy atom. The van der Waals surface area contributed by atoms with Crippen molar-refractivity contribution in [2.45, 2.75) is 32.2 Å². The van der Waals surface area contributed by atoms with Crippen molar-refractivity contribution >= 4 is 0 Å². The molecular formula is C14H20N2O2. The van der Waals surface area contributed by atoms with E-state index in [0.29, 0.717) is 6.79 Å². The first-order valence-corrected chi connectivity index (χ1v) is 6.79. The Balaban J connectivity index is 1.56. The van der Waals surface area contributed by atoms with Gasteiger partial charge >= 0.3 is 0 Å². The van der Waals surface area contributed by atoms with Crippen molar-refractivity contribution in [3.8, 4) is 11.5 Å². The zero-order valence-corrected chi connectivity index (χ0v) is 10.7. The minimum absolute atomic E-state index is 0.346. The van der Waals surface area contributed by atoms with Gasteiger partial charge < -0.3 is 9.47 Å². The molecule has 0 aromatic heterocycles. The van der Waals surface area contributed by atoms with Gasteiger partial charge in [-0.2, -0.15) is 0 Å². The van der Waals surface area contributed by atoms with E-state index in [9.17, 15) is 0 Å². The van der Waals surface area contributed by atoms with E-state index >= 15 is 0 Å². The summed E-state index contributed by atoms with van der Waals surface area (Å²) in [7, 11) is 0. The van der Waals surface area contributed by atoms with Gasteiger partial charge in [-0.25, -0.2) is 5.01 Å². The molecule has 0 saturated carbocycles. The van der Waals surface area contributed by atoms with Crippen LogP contribution >= 0.6 is 0 Å². The van der Waals surface area contributed by atoms with E-state index in [0.717, 1.165) is 31.1 Å². The Hall–Kier alpha value is -1.26. The van der Waals surface area contributed by atoms with Gasteiger partial charge in [-0.1, -0.05) is 18.9 Å². The second kappa shape index (κ2) is 5.59. The van der Waals surface area contributed by atoms with Crippen LogP contribution in [0.3, 0.4) is 0 Å². The topological polar surface area (TPSA) is 33.7 Å². The summed E-state index contributed by atoms with van der Waals surface area (Å²) >= 11 is 0. The van der Waals surface area contributed by atoms with Gasteiger partial charge in [0.1, 0.15) is 0 Å². The van der Waals surface area contributed by atoms with Crippen molar-refractivity contribution in [2.75, 3.05) is 19.9 Å². The van der Waals surface area contributed by atoms with Crippen LogP contribution in [0.2, 0.25) is 0 Å². The molecule has 0 aliphatic carbocycles. The van der Waals surface area contributed by atoms with Gasteiger partial charge in [0.05, 0.1) is 0 Å². The lowest BCUT2D eigenvalue weighted by molar-refractivity contribution is 0.173. The lowest BCUT2D eigenvalue weighted by Crippen LogP contribution is -2.38. The van der Waals surface area contributed by atoms with Crippen molar-refractivity contribution in [3.63, 3.8) is 0 Å². The second-order valence-electron chi connectivity index (χ2n) is 4.92. The van der Waals surface area contributed by atoms with Gasteiger partial charge in [-0.05, 0) is 30.5 Å². The number of nitrogens with zero attached hydrogens (tertiary/aromatic N) is 1. The fourth-order valence-electron chi connectivity index (χ4n) is 2.48. The fourth-order valence-corrected chi connectivity index (χ4v) is 2.48. The van der Waals surface area contributed by atoms with Crippen LogP contribution < -0.4 is 14.9 Å². The zero-order chi connectivity index (χ0) is 12.2. The molecule has 1 fully saturated rings. The summed E-state index contributed by atoms with van der Waals surface area (Å²) < 4.78 is 10.7. The molecule has 4 nitrogen and oxygen atoms in total. The molecule has 1 N–H and O–H groups in total. The molecule has 3 rings (SSSR count). The van der Waals surface area contributed by atoms with E-state index in [2.05, 4.69) is 22.6 Å². The number of rotatable bonds is 3. The van der Waals surface area contributed by atoms with Crippen LogP contribution in [0.1, 0.15) is 31.2 Å². The molecule has 1 aromatic carbocycles. The van der Waals surface area contributed by atoms with Crippen molar-refractivity contribution < 1.29 is 9.47 Å². The molecule has 0 unspecified atom stereocenters. The van der Waals surface area contributed by atoms with Crippen molar-refractivity contribution in [2.24, 2.45) is 0 Å². The predicted molar refractivity (Wildman–Crippen MR) is 69.4 cm³/mol. The number of ether oxygens (including phenoxy) is 2. The summed E-state index contributed by atoms with van der Waals surface area (Å²) in [5.41, 5.74) is 4.75. The maximum absolute atomic E-state index is 5.39. The van der Waals surface area contributed by atoms with E-state index < -0.39 is 0 Å². The van der Waals surface area contributed by atoms with Crippen molar-refractivity contribution in [1.29, 1.82) is 0 Å². The molecule has 0 atom stereocenters. The Morgan fingerprint density at radius 3 is 2.61 bits per heavy atom. The van der Waals surface area contributed by atoms with Gasteiger partial charge in [-0.15, -0.1) is 0 Å². The van der Waals surface area contributed by atoms with Gasteiger partial charge in [0.25, 0.3) is 0 Å². The minimum Gasteiger partial charge on any atom is -0.454 e. The molecule has 2 heterocycles. The summed E-state index contributed by atoms with van der Waals surface area (Å²) in [6, 6.07) is 6.15. The van der Waals surface area contributed by atoms with Crippen LogP contribution in [-0.4, -0.2) is 24.9 Å². The lowest BCUT2D eigenvalue weighted by Gasteiger charge is -2.21. The summed E-state index contributed by atoms with van der Waals surface area (Å²) in [6.45, 7) is 3.52. The van der Waals surface area contributed by atoms with Crippen LogP contribution in [0.4, 0.5) is 0 Å². The van der Waals surface area contributed by atoms with Gasteiger partial charge in [0, 0.05) is 19.6 Å². The normalized spacial score (nSPS) is 19.8. The highest BCUT2D eigenvalue weighted by Crippen LogP contribution is 2.32. The van der Waals surface area contributed by atoms with E-state index in [1.807, 2.05) is 6.07 Å². The number of nitrogens with one attached hydrogen (secondary N) is 1. The fraction of sp³-hybridized carbons (Fsp3) is 0.571. The maximum Gasteiger partial charge on any atom is 0.231 e. The molecule has 18 heavy (non-hydrogen) atoms. The van der Waals surface area contributed by atoms with Crippen LogP contribution in [0, 0.1) is 0 Å². The monoisotopic (exact) mass is 248 g/mol. The first-order chi connectivity index (χ1) is 8.92. The predicted octanol–water partition coefficient (Wildman–Crippen LogP) is 2.30. The largest absolute Gasteiger partial charge is 0.454 e. The first-order valence-electron chi connectivity index (χ1n) is 6.79. The summed E-state index contributed by atoms with van der Waals surface area (Å²) in [6.07, 6.45) is 5.33. The quantitative estimate of drug-likeness (QED) is 0.890. The number of hydrogen-bond donors (Lipinski definition) is 1. The van der Waals surface area contributed by atoms with E-state index in [-0.39, 0.29) is 0 Å². The zero-order valence-electron chi connectivity index (χ0n) is 10.7. The smallest absolute Gasteiger partial charge is 0.231 e. The molecular weight excluding hydrogens is 228 g/mol. The summed E-state index contributed by atoms with van der Waals surface area (Å²) in [5, 5.41) is 2.34. The molecule has 0 amide bonds. The Bertz CT molecular complexity index is 401. The highest BCUT2D eigenvalue weighted by Gasteiger charge is 2.13. The van der Waals surface area contributed by atoms with Gasteiger partial charge in [0.15, 0.2) is 11.5 Å². The highest BCUT2D eigenvalue weighted by molar-refractivity contribution is 5.44. The average Bonchev–Trinajstić information content (AvgIpc) is 2.70. The van der Waals surface area contributed by atoms with E-state index in [1.165, 1.54) is 31.2 Å². The Kier molecular flexibility index (Phi) is 3.67.